The molecule has 1 aliphatic rings. The average Bonchev–Trinajstić information content (AvgIpc) is 2.40. The monoisotopic (exact) mass is 286 g/mol. The van der Waals surface area contributed by atoms with Crippen LogP contribution in [0.4, 0.5) is 18.9 Å². The van der Waals surface area contributed by atoms with Gasteiger partial charge in [-0.05, 0) is 63.0 Å². The number of aryl methyl sites for hydroxylation is 1. The van der Waals surface area contributed by atoms with E-state index in [1.54, 1.807) is 0 Å². The molecule has 2 rings (SSSR count). The topological polar surface area (TPSA) is 29.3 Å². The van der Waals surface area contributed by atoms with Gasteiger partial charge in [-0.2, -0.15) is 13.2 Å². The second kappa shape index (κ2) is 6.48. The van der Waals surface area contributed by atoms with Crippen molar-refractivity contribution in [1.82, 2.24) is 4.90 Å². The van der Waals surface area contributed by atoms with E-state index in [1.165, 1.54) is 25.3 Å². The van der Waals surface area contributed by atoms with E-state index in [1.807, 2.05) is 0 Å². The molecule has 1 aliphatic heterocycles. The van der Waals surface area contributed by atoms with Crippen molar-refractivity contribution >= 4 is 5.69 Å². The van der Waals surface area contributed by atoms with Crippen LogP contribution in [-0.4, -0.2) is 24.5 Å². The van der Waals surface area contributed by atoms with Crippen LogP contribution < -0.4 is 5.73 Å². The van der Waals surface area contributed by atoms with Crippen LogP contribution in [0.25, 0.3) is 0 Å². The molecule has 1 fully saturated rings. The van der Waals surface area contributed by atoms with Crippen LogP contribution in [0.3, 0.4) is 0 Å². The highest BCUT2D eigenvalue weighted by Crippen LogP contribution is 2.31. The van der Waals surface area contributed by atoms with Gasteiger partial charge in [0, 0.05) is 5.69 Å². The zero-order valence-corrected chi connectivity index (χ0v) is 11.5. The van der Waals surface area contributed by atoms with E-state index < -0.39 is 11.7 Å². The van der Waals surface area contributed by atoms with Crippen molar-refractivity contribution in [3.05, 3.63) is 29.3 Å². The summed E-state index contributed by atoms with van der Waals surface area (Å²) in [5.74, 6) is 0. The average molecular weight is 286 g/mol. The molecule has 1 aromatic rings. The number of piperidine rings is 1. The van der Waals surface area contributed by atoms with Crippen molar-refractivity contribution < 1.29 is 13.2 Å². The van der Waals surface area contributed by atoms with Gasteiger partial charge in [0.1, 0.15) is 0 Å². The molecule has 0 saturated carbocycles. The minimum Gasteiger partial charge on any atom is -0.398 e. The summed E-state index contributed by atoms with van der Waals surface area (Å²) in [6.07, 6.45) is 1.17. The summed E-state index contributed by atoms with van der Waals surface area (Å²) in [7, 11) is 0. The Morgan fingerprint density at radius 1 is 1.10 bits per heavy atom. The minimum atomic E-state index is -4.32. The first-order valence-electron chi connectivity index (χ1n) is 7.15. The Bertz CT molecular complexity index is 437. The summed E-state index contributed by atoms with van der Waals surface area (Å²) in [4.78, 5) is 2.42. The molecule has 2 nitrogen and oxygen atoms in total. The Morgan fingerprint density at radius 3 is 2.40 bits per heavy atom. The van der Waals surface area contributed by atoms with Crippen LogP contribution in [0.1, 0.15) is 36.8 Å². The fraction of sp³-hybridized carbons (Fsp3) is 0.600. The van der Waals surface area contributed by atoms with Gasteiger partial charge in [0.15, 0.2) is 0 Å². The largest absolute Gasteiger partial charge is 0.416 e. The van der Waals surface area contributed by atoms with Crippen LogP contribution in [0, 0.1) is 0 Å². The van der Waals surface area contributed by atoms with Gasteiger partial charge in [0.25, 0.3) is 0 Å². The number of halogens is 3. The quantitative estimate of drug-likeness (QED) is 0.855. The van der Waals surface area contributed by atoms with Crippen LogP contribution in [0.15, 0.2) is 18.2 Å². The molecule has 1 aromatic carbocycles. The summed E-state index contributed by atoms with van der Waals surface area (Å²) >= 11 is 0. The van der Waals surface area contributed by atoms with Gasteiger partial charge in [-0.3, -0.25) is 0 Å². The molecule has 0 atom stereocenters. The smallest absolute Gasteiger partial charge is 0.398 e. The lowest BCUT2D eigenvalue weighted by Crippen LogP contribution is -2.30. The molecule has 2 N–H and O–H groups in total. The number of alkyl halides is 3. The Hall–Kier alpha value is -1.23. The van der Waals surface area contributed by atoms with Crippen molar-refractivity contribution in [2.75, 3.05) is 25.4 Å². The van der Waals surface area contributed by atoms with Gasteiger partial charge < -0.3 is 10.6 Å². The van der Waals surface area contributed by atoms with Gasteiger partial charge in [-0.25, -0.2) is 0 Å². The number of likely N-dealkylation sites (tertiary alicyclic amines) is 1. The maximum absolute atomic E-state index is 12.5. The Balaban J connectivity index is 1.86. The Labute approximate surface area is 117 Å². The molecule has 0 aliphatic carbocycles. The van der Waals surface area contributed by atoms with Crippen molar-refractivity contribution in [3.8, 4) is 0 Å². The van der Waals surface area contributed by atoms with E-state index in [4.69, 9.17) is 5.73 Å². The van der Waals surface area contributed by atoms with Crippen molar-refractivity contribution in [1.29, 1.82) is 0 Å². The lowest BCUT2D eigenvalue weighted by molar-refractivity contribution is -0.137. The molecule has 0 bridgehead atoms. The van der Waals surface area contributed by atoms with Gasteiger partial charge in [-0.1, -0.05) is 12.5 Å². The van der Waals surface area contributed by atoms with E-state index >= 15 is 0 Å². The first kappa shape index (κ1) is 15.2. The fourth-order valence-electron chi connectivity index (χ4n) is 2.68. The molecule has 0 unspecified atom stereocenters. The van der Waals surface area contributed by atoms with Crippen molar-refractivity contribution in [2.24, 2.45) is 0 Å². The van der Waals surface area contributed by atoms with E-state index in [-0.39, 0.29) is 5.69 Å². The first-order valence-corrected chi connectivity index (χ1v) is 7.15. The maximum atomic E-state index is 12.5. The number of nitrogen functional groups attached to an aromatic ring is 1. The summed E-state index contributed by atoms with van der Waals surface area (Å²) in [5.41, 5.74) is 6.12. The predicted molar refractivity (Wildman–Crippen MR) is 74.5 cm³/mol. The molecule has 0 spiro atoms. The fourth-order valence-corrected chi connectivity index (χ4v) is 2.68. The second-order valence-electron chi connectivity index (χ2n) is 5.42. The molecule has 20 heavy (non-hydrogen) atoms. The molecular formula is C15H21F3N2. The molecular weight excluding hydrogens is 265 g/mol. The highest BCUT2D eigenvalue weighted by Gasteiger charge is 2.30. The van der Waals surface area contributed by atoms with Crippen LogP contribution in [-0.2, 0) is 12.6 Å². The molecule has 0 amide bonds. The zero-order valence-electron chi connectivity index (χ0n) is 11.5. The van der Waals surface area contributed by atoms with Gasteiger partial charge in [0.2, 0.25) is 0 Å². The van der Waals surface area contributed by atoms with E-state index in [2.05, 4.69) is 4.90 Å². The number of nitrogens with two attached hydrogens (primary N) is 1. The molecule has 0 aromatic heterocycles. The lowest BCUT2D eigenvalue weighted by Gasteiger charge is -2.26. The second-order valence-corrected chi connectivity index (χ2v) is 5.42. The van der Waals surface area contributed by atoms with Crippen LogP contribution in [0.5, 0.6) is 0 Å². The van der Waals surface area contributed by atoms with E-state index in [0.29, 0.717) is 0 Å². The third kappa shape index (κ3) is 4.13. The van der Waals surface area contributed by atoms with E-state index in [9.17, 15) is 13.2 Å². The molecule has 0 radical (unpaired) electrons. The molecule has 1 saturated heterocycles. The minimum absolute atomic E-state index is 0.249. The maximum Gasteiger partial charge on any atom is 0.416 e. The van der Waals surface area contributed by atoms with Crippen LogP contribution in [0.2, 0.25) is 0 Å². The molecule has 112 valence electrons. The van der Waals surface area contributed by atoms with Gasteiger partial charge in [-0.15, -0.1) is 0 Å². The Morgan fingerprint density at radius 2 is 1.80 bits per heavy atom. The number of hydrogen-bond acceptors (Lipinski definition) is 2. The number of rotatable bonds is 4. The van der Waals surface area contributed by atoms with E-state index in [0.717, 1.165) is 50.2 Å². The van der Waals surface area contributed by atoms with Crippen molar-refractivity contribution in [2.45, 2.75) is 38.3 Å². The van der Waals surface area contributed by atoms with Gasteiger partial charge >= 0.3 is 6.18 Å². The normalized spacial score (nSPS) is 17.4. The van der Waals surface area contributed by atoms with Gasteiger partial charge in [0.05, 0.1) is 5.56 Å². The van der Waals surface area contributed by atoms with Crippen LogP contribution >= 0.6 is 0 Å². The number of benzene rings is 1. The zero-order chi connectivity index (χ0) is 14.6. The molecule has 1 heterocycles. The Kier molecular flexibility index (Phi) is 4.91. The first-order chi connectivity index (χ1) is 9.47. The molecule has 5 heteroatoms. The van der Waals surface area contributed by atoms with Crippen molar-refractivity contribution in [3.63, 3.8) is 0 Å². The summed E-state index contributed by atoms with van der Waals surface area (Å²) in [6.45, 7) is 3.28. The number of nitrogens with zero attached hydrogens (tertiary/aromatic N) is 1. The number of hydrogen-bond donors (Lipinski definition) is 1. The number of anilines is 1. The highest BCUT2D eigenvalue weighted by atomic mass is 19.4. The predicted octanol–water partition coefficient (Wildman–Crippen LogP) is 3.71. The third-order valence-corrected chi connectivity index (χ3v) is 3.84. The lowest BCUT2D eigenvalue weighted by atomic mass is 10.0. The third-order valence-electron chi connectivity index (χ3n) is 3.84. The summed E-state index contributed by atoms with van der Waals surface area (Å²) in [6, 6.07) is 3.66. The summed E-state index contributed by atoms with van der Waals surface area (Å²) in [5, 5.41) is 0. The standard InChI is InChI=1S/C15H21F3N2/c16-15(17,18)13-7-6-12(14(19)11-13)5-4-10-20-8-2-1-3-9-20/h6-7,11H,1-5,8-10,19H2. The SMILES string of the molecule is Nc1cc(C(F)(F)F)ccc1CCCN1CCCCC1. The summed E-state index contributed by atoms with van der Waals surface area (Å²) < 4.78 is 37.6. The highest BCUT2D eigenvalue weighted by molar-refractivity contribution is 5.49.